The lowest BCUT2D eigenvalue weighted by atomic mass is 10.2. The molecule has 6 heteroatoms. The van der Waals surface area contributed by atoms with E-state index in [1.807, 2.05) is 24.3 Å². The third-order valence-electron chi connectivity index (χ3n) is 2.16. The van der Waals surface area contributed by atoms with Crippen LogP contribution in [0.1, 0.15) is 0 Å². The maximum atomic E-state index is 5.91. The lowest BCUT2D eigenvalue weighted by Gasteiger charge is -2.00. The van der Waals surface area contributed by atoms with Crippen LogP contribution in [0.4, 0.5) is 0 Å². The Morgan fingerprint density at radius 2 is 2.19 bits per heavy atom. The summed E-state index contributed by atoms with van der Waals surface area (Å²) in [6.45, 7) is 0. The van der Waals surface area contributed by atoms with Crippen LogP contribution in [0.2, 0.25) is 5.02 Å². The zero-order valence-electron chi connectivity index (χ0n) is 8.08. The highest BCUT2D eigenvalue weighted by Crippen LogP contribution is 2.20. The first kappa shape index (κ1) is 9.23. The number of benzene rings is 1. The smallest absolute Gasteiger partial charge is 0.208 e. The van der Waals surface area contributed by atoms with Gasteiger partial charge in [0.15, 0.2) is 0 Å². The molecular weight excluding hydrogens is 226 g/mol. The summed E-state index contributed by atoms with van der Waals surface area (Å²) in [5, 5.41) is 12.3. The van der Waals surface area contributed by atoms with Gasteiger partial charge in [-0.15, -0.1) is 10.2 Å². The van der Waals surface area contributed by atoms with Gasteiger partial charge in [-0.3, -0.25) is 0 Å². The van der Waals surface area contributed by atoms with E-state index in [1.54, 1.807) is 6.20 Å². The van der Waals surface area contributed by atoms with Gasteiger partial charge in [0.25, 0.3) is 5.78 Å². The van der Waals surface area contributed by atoms with Crippen molar-refractivity contribution in [2.45, 2.75) is 0 Å². The normalized spacial score (nSPS) is 10.8. The predicted octanol–water partition coefficient (Wildman–Crippen LogP) is 1.84. The summed E-state index contributed by atoms with van der Waals surface area (Å²) in [4.78, 5) is 4.31. The largest absolute Gasteiger partial charge is 0.272 e. The molecule has 0 fully saturated rings. The fourth-order valence-corrected chi connectivity index (χ4v) is 1.61. The lowest BCUT2D eigenvalue weighted by Crippen LogP contribution is -1.95. The first-order valence-corrected chi connectivity index (χ1v) is 5.00. The molecule has 0 unspecified atom stereocenters. The minimum absolute atomic E-state index is 0.470. The van der Waals surface area contributed by atoms with Crippen molar-refractivity contribution in [3.05, 3.63) is 41.8 Å². The molecule has 0 spiro atoms. The molecule has 2 aromatic heterocycles. The standard InChI is InChI=1S/C10H6ClN5/c11-8-3-1-2-7(4-8)9-5-13-16-6-12-15-10(16)14-9/h1-6H. The quantitative estimate of drug-likeness (QED) is 0.641. The minimum Gasteiger partial charge on any atom is -0.208 e. The van der Waals surface area contributed by atoms with Gasteiger partial charge in [-0.2, -0.15) is 9.61 Å². The van der Waals surface area contributed by atoms with E-state index in [0.717, 1.165) is 11.3 Å². The molecule has 0 N–H and O–H groups in total. The van der Waals surface area contributed by atoms with Crippen LogP contribution < -0.4 is 0 Å². The van der Waals surface area contributed by atoms with Gasteiger partial charge in [-0.05, 0) is 12.1 Å². The Kier molecular flexibility index (Phi) is 2.04. The Morgan fingerprint density at radius 1 is 1.25 bits per heavy atom. The average molecular weight is 232 g/mol. The topological polar surface area (TPSA) is 56.0 Å². The number of fused-ring (bicyclic) bond motifs is 1. The van der Waals surface area contributed by atoms with Crippen LogP contribution in [0.25, 0.3) is 17.0 Å². The van der Waals surface area contributed by atoms with E-state index in [1.165, 1.54) is 10.8 Å². The summed E-state index contributed by atoms with van der Waals surface area (Å²) in [6, 6.07) is 7.43. The van der Waals surface area contributed by atoms with Crippen LogP contribution in [-0.2, 0) is 0 Å². The van der Waals surface area contributed by atoms with Crippen LogP contribution in [0, 0.1) is 0 Å². The maximum Gasteiger partial charge on any atom is 0.272 e. The predicted molar refractivity (Wildman–Crippen MR) is 59.0 cm³/mol. The number of rotatable bonds is 1. The molecule has 16 heavy (non-hydrogen) atoms. The van der Waals surface area contributed by atoms with Crippen molar-refractivity contribution < 1.29 is 0 Å². The molecule has 0 amide bonds. The second-order valence-corrected chi connectivity index (χ2v) is 3.66. The second-order valence-electron chi connectivity index (χ2n) is 3.23. The van der Waals surface area contributed by atoms with Gasteiger partial charge < -0.3 is 0 Å². The van der Waals surface area contributed by atoms with E-state index in [4.69, 9.17) is 11.6 Å². The first-order chi connectivity index (χ1) is 7.83. The summed E-state index contributed by atoms with van der Waals surface area (Å²) in [7, 11) is 0. The van der Waals surface area contributed by atoms with Gasteiger partial charge in [0.2, 0.25) is 0 Å². The van der Waals surface area contributed by atoms with Gasteiger partial charge in [-0.1, -0.05) is 23.7 Å². The number of halogens is 1. The van der Waals surface area contributed by atoms with Crippen LogP contribution in [0.5, 0.6) is 0 Å². The molecule has 0 aliphatic carbocycles. The molecule has 0 aliphatic heterocycles. The summed E-state index contributed by atoms with van der Waals surface area (Å²) in [5.74, 6) is 0.470. The fraction of sp³-hybridized carbons (Fsp3) is 0. The van der Waals surface area contributed by atoms with Crippen LogP contribution in [0.3, 0.4) is 0 Å². The van der Waals surface area contributed by atoms with Crippen molar-refractivity contribution in [3.8, 4) is 11.3 Å². The van der Waals surface area contributed by atoms with Crippen molar-refractivity contribution in [2.75, 3.05) is 0 Å². The molecule has 0 aliphatic rings. The molecule has 0 saturated heterocycles. The van der Waals surface area contributed by atoms with Gasteiger partial charge in [-0.25, -0.2) is 4.98 Å². The zero-order chi connectivity index (χ0) is 11.0. The van der Waals surface area contributed by atoms with Crippen LogP contribution in [0.15, 0.2) is 36.8 Å². The molecule has 3 aromatic rings. The van der Waals surface area contributed by atoms with Crippen LogP contribution in [-0.4, -0.2) is 24.8 Å². The fourth-order valence-electron chi connectivity index (χ4n) is 1.42. The summed E-state index contributed by atoms with van der Waals surface area (Å²) < 4.78 is 1.51. The van der Waals surface area contributed by atoms with Gasteiger partial charge in [0.1, 0.15) is 6.33 Å². The van der Waals surface area contributed by atoms with E-state index in [2.05, 4.69) is 20.3 Å². The highest BCUT2D eigenvalue weighted by atomic mass is 35.5. The monoisotopic (exact) mass is 231 g/mol. The van der Waals surface area contributed by atoms with Crippen molar-refractivity contribution in [1.82, 2.24) is 24.8 Å². The number of aromatic nitrogens is 5. The summed E-state index contributed by atoms with van der Waals surface area (Å²) >= 11 is 5.91. The minimum atomic E-state index is 0.470. The number of hydrogen-bond donors (Lipinski definition) is 0. The Bertz CT molecular complexity index is 648. The Hall–Kier alpha value is -2.01. The number of hydrogen-bond acceptors (Lipinski definition) is 4. The first-order valence-electron chi connectivity index (χ1n) is 4.62. The SMILES string of the molecule is Clc1cccc(-c2cnn3cnnc3n2)c1. The van der Waals surface area contributed by atoms with Crippen molar-refractivity contribution >= 4 is 17.4 Å². The lowest BCUT2D eigenvalue weighted by molar-refractivity contribution is 0.901. The van der Waals surface area contributed by atoms with Gasteiger partial charge in [0, 0.05) is 10.6 Å². The van der Waals surface area contributed by atoms with E-state index >= 15 is 0 Å². The average Bonchev–Trinajstić information content (AvgIpc) is 2.75. The third-order valence-corrected chi connectivity index (χ3v) is 2.39. The summed E-state index contributed by atoms with van der Waals surface area (Å²) in [6.07, 6.45) is 3.16. The second kappa shape index (κ2) is 3.53. The van der Waals surface area contributed by atoms with Gasteiger partial charge in [0.05, 0.1) is 11.9 Å². The molecule has 0 saturated carbocycles. The molecular formula is C10H6ClN5. The van der Waals surface area contributed by atoms with Gasteiger partial charge >= 0.3 is 0 Å². The molecule has 0 atom stereocenters. The molecule has 3 rings (SSSR count). The maximum absolute atomic E-state index is 5.91. The molecule has 2 heterocycles. The third kappa shape index (κ3) is 1.51. The van der Waals surface area contributed by atoms with Crippen molar-refractivity contribution in [2.24, 2.45) is 0 Å². The molecule has 0 radical (unpaired) electrons. The van der Waals surface area contributed by atoms with E-state index in [-0.39, 0.29) is 0 Å². The van der Waals surface area contributed by atoms with Crippen LogP contribution >= 0.6 is 11.6 Å². The summed E-state index contributed by atoms with van der Waals surface area (Å²) in [5.41, 5.74) is 1.63. The highest BCUT2D eigenvalue weighted by molar-refractivity contribution is 6.30. The Labute approximate surface area is 95.7 Å². The zero-order valence-corrected chi connectivity index (χ0v) is 8.83. The van der Waals surface area contributed by atoms with E-state index < -0.39 is 0 Å². The molecule has 0 bridgehead atoms. The Balaban J connectivity index is 2.18. The van der Waals surface area contributed by atoms with Crippen molar-refractivity contribution in [3.63, 3.8) is 0 Å². The Morgan fingerprint density at radius 3 is 3.06 bits per heavy atom. The molecule has 5 nitrogen and oxygen atoms in total. The van der Waals surface area contributed by atoms with E-state index in [0.29, 0.717) is 10.8 Å². The molecule has 1 aromatic carbocycles. The van der Waals surface area contributed by atoms with E-state index in [9.17, 15) is 0 Å². The number of nitrogens with zero attached hydrogens (tertiary/aromatic N) is 5. The molecule has 78 valence electrons. The highest BCUT2D eigenvalue weighted by Gasteiger charge is 2.03. The van der Waals surface area contributed by atoms with Crippen molar-refractivity contribution in [1.29, 1.82) is 0 Å².